The van der Waals surface area contributed by atoms with Crippen molar-refractivity contribution in [1.82, 2.24) is 5.32 Å². The number of anilines is 1. The molecule has 1 aromatic rings. The normalized spacial score (nSPS) is 11.3. The lowest BCUT2D eigenvalue weighted by Crippen LogP contribution is -2.30. The van der Waals surface area contributed by atoms with Gasteiger partial charge in [-0.2, -0.15) is 13.2 Å². The Balaban J connectivity index is 2.26. The van der Waals surface area contributed by atoms with E-state index in [1.165, 1.54) is 0 Å². The van der Waals surface area contributed by atoms with Crippen LogP contribution in [0.5, 0.6) is 0 Å². The van der Waals surface area contributed by atoms with Crippen molar-refractivity contribution in [3.63, 3.8) is 0 Å². The molecule has 1 aromatic carbocycles. The van der Waals surface area contributed by atoms with Crippen molar-refractivity contribution < 1.29 is 18.0 Å². The van der Waals surface area contributed by atoms with E-state index in [-0.39, 0.29) is 13.1 Å². The maximum absolute atomic E-state index is 11.8. The number of amides is 1. The molecule has 0 fully saturated rings. The molecule has 0 saturated heterocycles. The van der Waals surface area contributed by atoms with Crippen LogP contribution in [0.25, 0.3) is 0 Å². The van der Waals surface area contributed by atoms with Gasteiger partial charge < -0.3 is 10.6 Å². The number of carbonyl (C=O) groups is 1. The van der Waals surface area contributed by atoms with Gasteiger partial charge in [-0.15, -0.1) is 0 Å². The number of carbonyl (C=O) groups excluding carboxylic acids is 1. The first-order chi connectivity index (χ1) is 8.37. The van der Waals surface area contributed by atoms with Crippen molar-refractivity contribution in [3.8, 4) is 0 Å². The Morgan fingerprint density at radius 3 is 2.67 bits per heavy atom. The lowest BCUT2D eigenvalue weighted by molar-refractivity contribution is -0.134. The maximum atomic E-state index is 11.8. The minimum atomic E-state index is -4.21. The van der Waals surface area contributed by atoms with Gasteiger partial charge >= 0.3 is 6.18 Å². The fourth-order valence-corrected chi connectivity index (χ4v) is 1.39. The van der Waals surface area contributed by atoms with Crippen LogP contribution in [0.2, 0.25) is 5.02 Å². The topological polar surface area (TPSA) is 41.1 Å². The van der Waals surface area contributed by atoms with E-state index in [1.807, 2.05) is 0 Å². The van der Waals surface area contributed by atoms with E-state index in [0.717, 1.165) is 0 Å². The number of hydrogen-bond acceptors (Lipinski definition) is 2. The van der Waals surface area contributed by atoms with Gasteiger partial charge in [0.2, 0.25) is 5.91 Å². The monoisotopic (exact) mass is 280 g/mol. The summed E-state index contributed by atoms with van der Waals surface area (Å²) in [5.41, 5.74) is 0.505. The molecule has 0 bridgehead atoms. The third-order valence-electron chi connectivity index (χ3n) is 1.98. The van der Waals surface area contributed by atoms with E-state index in [9.17, 15) is 18.0 Å². The summed E-state index contributed by atoms with van der Waals surface area (Å²) in [6, 6.07) is 6.50. The van der Waals surface area contributed by atoms with Gasteiger partial charge in [-0.1, -0.05) is 17.7 Å². The molecule has 0 radical (unpaired) electrons. The van der Waals surface area contributed by atoms with Crippen molar-refractivity contribution >= 4 is 23.2 Å². The van der Waals surface area contributed by atoms with Gasteiger partial charge in [-0.05, 0) is 18.2 Å². The van der Waals surface area contributed by atoms with E-state index in [1.54, 1.807) is 24.3 Å². The fraction of sp³-hybridized carbons (Fsp3) is 0.364. The van der Waals surface area contributed by atoms with Crippen LogP contribution in [0.4, 0.5) is 18.9 Å². The molecule has 0 saturated carbocycles. The molecule has 2 N–H and O–H groups in total. The second kappa shape index (κ2) is 6.61. The van der Waals surface area contributed by atoms with Crippen LogP contribution in [0.3, 0.4) is 0 Å². The highest BCUT2D eigenvalue weighted by atomic mass is 35.5. The van der Waals surface area contributed by atoms with E-state index in [0.29, 0.717) is 10.7 Å². The highest BCUT2D eigenvalue weighted by Gasteiger charge is 2.25. The molecular formula is C11H12ClF3N2O. The second-order valence-electron chi connectivity index (χ2n) is 3.60. The largest absolute Gasteiger partial charge is 0.390 e. The van der Waals surface area contributed by atoms with Crippen LogP contribution in [-0.2, 0) is 4.79 Å². The summed E-state index contributed by atoms with van der Waals surface area (Å²) in [6.45, 7) is -0.463. The van der Waals surface area contributed by atoms with Gasteiger partial charge in [0, 0.05) is 17.3 Å². The van der Waals surface area contributed by atoms with Gasteiger partial charge in [0.1, 0.15) is 0 Å². The van der Waals surface area contributed by atoms with Crippen LogP contribution in [0, 0.1) is 0 Å². The number of alkyl halides is 3. The Morgan fingerprint density at radius 2 is 2.06 bits per heavy atom. The number of nitrogens with one attached hydrogen (secondary N) is 2. The zero-order valence-electron chi connectivity index (χ0n) is 9.35. The summed E-state index contributed by atoms with van der Waals surface area (Å²) in [5, 5.41) is 5.40. The maximum Gasteiger partial charge on any atom is 0.390 e. The van der Waals surface area contributed by atoms with Gasteiger partial charge in [0.25, 0.3) is 0 Å². The standard InChI is InChI=1S/C11H12ClF3N2O/c12-8-2-1-3-9(6-8)17-10(18)7-16-5-4-11(13,14)15/h1-3,6,16H,4-5,7H2,(H,17,18). The summed E-state index contributed by atoms with van der Waals surface area (Å²) in [6.07, 6.45) is -5.17. The highest BCUT2D eigenvalue weighted by Crippen LogP contribution is 2.18. The molecule has 0 spiro atoms. The number of halogens is 4. The molecule has 0 unspecified atom stereocenters. The Morgan fingerprint density at radius 1 is 1.33 bits per heavy atom. The summed E-state index contributed by atoms with van der Waals surface area (Å²) in [4.78, 5) is 11.4. The van der Waals surface area contributed by atoms with E-state index in [4.69, 9.17) is 11.6 Å². The van der Waals surface area contributed by atoms with Crippen molar-refractivity contribution in [2.45, 2.75) is 12.6 Å². The lowest BCUT2D eigenvalue weighted by Gasteiger charge is -2.08. The highest BCUT2D eigenvalue weighted by molar-refractivity contribution is 6.30. The molecule has 0 aromatic heterocycles. The average molecular weight is 281 g/mol. The van der Waals surface area contributed by atoms with Crippen LogP contribution in [0.1, 0.15) is 6.42 Å². The minimum Gasteiger partial charge on any atom is -0.325 e. The van der Waals surface area contributed by atoms with Crippen LogP contribution in [0.15, 0.2) is 24.3 Å². The van der Waals surface area contributed by atoms with Crippen LogP contribution in [-0.4, -0.2) is 25.2 Å². The van der Waals surface area contributed by atoms with Crippen LogP contribution < -0.4 is 10.6 Å². The first kappa shape index (κ1) is 14.8. The molecule has 100 valence electrons. The number of rotatable bonds is 5. The summed E-state index contributed by atoms with van der Waals surface area (Å²) >= 11 is 5.71. The third-order valence-corrected chi connectivity index (χ3v) is 2.21. The molecule has 0 aliphatic heterocycles. The number of benzene rings is 1. The molecule has 1 rings (SSSR count). The van der Waals surface area contributed by atoms with Crippen LogP contribution >= 0.6 is 11.6 Å². The van der Waals surface area contributed by atoms with Gasteiger partial charge in [-0.3, -0.25) is 4.79 Å². The minimum absolute atomic E-state index is 0.178. The molecule has 0 heterocycles. The molecular weight excluding hydrogens is 269 g/mol. The van der Waals surface area contributed by atoms with Gasteiger partial charge in [0.05, 0.1) is 13.0 Å². The quantitative estimate of drug-likeness (QED) is 0.815. The molecule has 0 aliphatic carbocycles. The molecule has 0 aliphatic rings. The Hall–Kier alpha value is -1.27. The van der Waals surface area contributed by atoms with Crippen molar-refractivity contribution in [2.24, 2.45) is 0 Å². The van der Waals surface area contributed by atoms with E-state index >= 15 is 0 Å². The lowest BCUT2D eigenvalue weighted by atomic mass is 10.3. The van der Waals surface area contributed by atoms with E-state index < -0.39 is 18.5 Å². The summed E-state index contributed by atoms with van der Waals surface area (Å²) < 4.78 is 35.4. The first-order valence-electron chi connectivity index (χ1n) is 5.20. The van der Waals surface area contributed by atoms with Crippen molar-refractivity contribution in [2.75, 3.05) is 18.4 Å². The van der Waals surface area contributed by atoms with Crippen molar-refractivity contribution in [3.05, 3.63) is 29.3 Å². The Labute approximate surface area is 107 Å². The molecule has 3 nitrogen and oxygen atoms in total. The smallest absolute Gasteiger partial charge is 0.325 e. The predicted octanol–water partition coefficient (Wildman–Crippen LogP) is 2.82. The second-order valence-corrected chi connectivity index (χ2v) is 4.04. The Bertz CT molecular complexity index is 410. The average Bonchev–Trinajstić information content (AvgIpc) is 2.23. The summed E-state index contributed by atoms with van der Waals surface area (Å²) in [7, 11) is 0. The third kappa shape index (κ3) is 6.46. The molecule has 1 amide bonds. The zero-order valence-corrected chi connectivity index (χ0v) is 10.1. The predicted molar refractivity (Wildman–Crippen MR) is 63.6 cm³/mol. The number of hydrogen-bond donors (Lipinski definition) is 2. The van der Waals surface area contributed by atoms with E-state index in [2.05, 4.69) is 10.6 Å². The molecule has 18 heavy (non-hydrogen) atoms. The van der Waals surface area contributed by atoms with Gasteiger partial charge in [-0.25, -0.2) is 0 Å². The first-order valence-corrected chi connectivity index (χ1v) is 5.57. The fourth-order valence-electron chi connectivity index (χ4n) is 1.20. The molecule has 7 heteroatoms. The Kier molecular flexibility index (Phi) is 5.43. The zero-order chi connectivity index (χ0) is 13.6. The SMILES string of the molecule is O=C(CNCCC(F)(F)F)Nc1cccc(Cl)c1. The van der Waals surface area contributed by atoms with Gasteiger partial charge in [0.15, 0.2) is 0 Å². The summed E-state index contributed by atoms with van der Waals surface area (Å²) in [5.74, 6) is -0.417. The van der Waals surface area contributed by atoms with Crippen molar-refractivity contribution in [1.29, 1.82) is 0 Å². The molecule has 0 atom stereocenters.